The van der Waals surface area contributed by atoms with Crippen molar-refractivity contribution in [3.63, 3.8) is 0 Å². The normalized spacial score (nSPS) is 16.6. The van der Waals surface area contributed by atoms with Crippen molar-refractivity contribution in [2.45, 2.75) is 13.5 Å². The van der Waals surface area contributed by atoms with Crippen LogP contribution in [0.25, 0.3) is 17.0 Å². The molecule has 170 valence electrons. The Labute approximate surface area is 206 Å². The lowest BCUT2D eigenvalue weighted by Crippen LogP contribution is -2.35. The van der Waals surface area contributed by atoms with Gasteiger partial charge in [-0.2, -0.15) is 15.1 Å². The zero-order valence-electron chi connectivity index (χ0n) is 18.8. The predicted octanol–water partition coefficient (Wildman–Crippen LogP) is 5.06. The fourth-order valence-electron chi connectivity index (χ4n) is 4.16. The number of amidine groups is 2. The van der Waals surface area contributed by atoms with Crippen LogP contribution in [0.3, 0.4) is 0 Å². The molecule has 0 saturated heterocycles. The van der Waals surface area contributed by atoms with Crippen molar-refractivity contribution in [3.8, 4) is 0 Å². The molecule has 4 aromatic rings. The van der Waals surface area contributed by atoms with Crippen LogP contribution in [-0.4, -0.2) is 36.5 Å². The van der Waals surface area contributed by atoms with Crippen molar-refractivity contribution in [3.05, 3.63) is 107 Å². The Morgan fingerprint density at radius 2 is 1.89 bits per heavy atom. The number of nitrogens with one attached hydrogen (secondary N) is 1. The van der Waals surface area contributed by atoms with Gasteiger partial charge in [0.15, 0.2) is 5.84 Å². The molecule has 0 radical (unpaired) electrons. The number of aromatic nitrogens is 2. The Kier molecular flexibility index (Phi) is 5.15. The van der Waals surface area contributed by atoms with E-state index in [1.54, 1.807) is 18.5 Å². The summed E-state index contributed by atoms with van der Waals surface area (Å²) < 4.78 is 2.17. The number of pyridine rings is 1. The second-order valence-electron chi connectivity index (χ2n) is 8.38. The summed E-state index contributed by atoms with van der Waals surface area (Å²) >= 11 is 1.27. The van der Waals surface area contributed by atoms with Gasteiger partial charge >= 0.3 is 0 Å². The summed E-state index contributed by atoms with van der Waals surface area (Å²) in [5.41, 5.74) is 5.37. The van der Waals surface area contributed by atoms with Crippen molar-refractivity contribution in [1.29, 1.82) is 5.41 Å². The number of hydrogen-bond donors (Lipinski definition) is 1. The molecule has 7 nitrogen and oxygen atoms in total. The zero-order chi connectivity index (χ0) is 23.9. The van der Waals surface area contributed by atoms with Gasteiger partial charge in [-0.15, -0.1) is 0 Å². The molecule has 0 atom stereocenters. The van der Waals surface area contributed by atoms with Gasteiger partial charge in [-0.05, 0) is 48.5 Å². The van der Waals surface area contributed by atoms with Gasteiger partial charge in [-0.3, -0.25) is 15.2 Å². The van der Waals surface area contributed by atoms with Crippen LogP contribution in [0.1, 0.15) is 22.3 Å². The number of fused-ring (bicyclic) bond motifs is 2. The minimum absolute atomic E-state index is 0.0155. The molecule has 1 N–H and O–H groups in total. The summed E-state index contributed by atoms with van der Waals surface area (Å²) in [6, 6.07) is 20.3. The van der Waals surface area contributed by atoms with E-state index in [0.717, 1.165) is 22.0 Å². The number of nitrogens with zero attached hydrogens (tertiary/aromatic N) is 5. The van der Waals surface area contributed by atoms with Crippen LogP contribution in [-0.2, 0) is 11.3 Å². The number of carbonyl (C=O) groups is 1. The molecule has 4 heterocycles. The van der Waals surface area contributed by atoms with Crippen molar-refractivity contribution >= 4 is 50.7 Å². The van der Waals surface area contributed by atoms with E-state index in [4.69, 9.17) is 5.41 Å². The maximum atomic E-state index is 13.0. The summed E-state index contributed by atoms with van der Waals surface area (Å²) in [4.78, 5) is 21.3. The minimum Gasteiger partial charge on any atom is -0.342 e. The van der Waals surface area contributed by atoms with Crippen LogP contribution in [0.5, 0.6) is 0 Å². The Morgan fingerprint density at radius 1 is 1.06 bits per heavy atom. The average molecular weight is 477 g/mol. The molecule has 2 aromatic heterocycles. The van der Waals surface area contributed by atoms with E-state index in [0.29, 0.717) is 16.8 Å². The average Bonchev–Trinajstić information content (AvgIpc) is 3.46. The van der Waals surface area contributed by atoms with Gasteiger partial charge in [0.1, 0.15) is 5.04 Å². The lowest BCUT2D eigenvalue weighted by Gasteiger charge is -2.20. The molecule has 1 amide bonds. The van der Waals surface area contributed by atoms with Crippen molar-refractivity contribution < 1.29 is 4.79 Å². The molecule has 8 heteroatoms. The number of carbonyl (C=O) groups excluding carboxylic acids is 1. The van der Waals surface area contributed by atoms with Gasteiger partial charge in [0.2, 0.25) is 5.17 Å². The molecule has 0 unspecified atom stereocenters. The Bertz CT molecular complexity index is 1580. The van der Waals surface area contributed by atoms with E-state index in [9.17, 15) is 4.79 Å². The first kappa shape index (κ1) is 21.2. The maximum Gasteiger partial charge on any atom is 0.283 e. The highest BCUT2D eigenvalue weighted by Gasteiger charge is 2.36. The minimum atomic E-state index is -0.438. The Hall–Kier alpha value is -4.30. The van der Waals surface area contributed by atoms with Crippen LogP contribution < -0.4 is 0 Å². The molecule has 2 aromatic carbocycles. The Balaban J connectivity index is 1.37. The lowest BCUT2D eigenvalue weighted by atomic mass is 10.1. The number of amides is 1. The lowest BCUT2D eigenvalue weighted by molar-refractivity contribution is -0.114. The van der Waals surface area contributed by atoms with Crippen LogP contribution in [0, 0.1) is 12.3 Å². The molecule has 0 fully saturated rings. The number of aryl methyl sites for hydroxylation is 1. The number of hydrogen-bond acceptors (Lipinski definition) is 5. The van der Waals surface area contributed by atoms with E-state index in [-0.39, 0.29) is 11.4 Å². The number of hydrazone groups is 1. The highest BCUT2D eigenvalue weighted by atomic mass is 32.2. The smallest absolute Gasteiger partial charge is 0.283 e. The van der Waals surface area contributed by atoms with Gasteiger partial charge in [0, 0.05) is 47.2 Å². The molecule has 2 aliphatic rings. The highest BCUT2D eigenvalue weighted by molar-refractivity contribution is 8.27. The van der Waals surface area contributed by atoms with Crippen LogP contribution in [0.2, 0.25) is 0 Å². The van der Waals surface area contributed by atoms with Crippen LogP contribution in [0.15, 0.2) is 94.9 Å². The quantitative estimate of drug-likeness (QED) is 0.417. The molecule has 6 rings (SSSR count). The first-order valence-electron chi connectivity index (χ1n) is 11.1. The molecule has 0 spiro atoms. The van der Waals surface area contributed by atoms with E-state index in [1.165, 1.54) is 27.9 Å². The second-order valence-corrected chi connectivity index (χ2v) is 9.34. The molecule has 2 aliphatic heterocycles. The van der Waals surface area contributed by atoms with Crippen molar-refractivity contribution in [1.82, 2.24) is 14.6 Å². The Morgan fingerprint density at radius 3 is 2.69 bits per heavy atom. The standard InChI is InChI=1S/C27H20N6OS/c1-17-8-10-18(11-9-17)15-32-16-20(21-6-2-3-7-23(21)32)13-22-24(28)33-27(30-25(22)34)35-26(31-33)19-5-4-12-29-14-19/h2-14,16,28H,15H2,1H3/b22-13+,28-24?. The fourth-order valence-corrected chi connectivity index (χ4v) is 5.05. The summed E-state index contributed by atoms with van der Waals surface area (Å²) in [5, 5.41) is 16.7. The second kappa shape index (κ2) is 8.48. The molecular formula is C27H20N6OS. The highest BCUT2D eigenvalue weighted by Crippen LogP contribution is 2.32. The molecule has 0 saturated carbocycles. The SMILES string of the molecule is Cc1ccc(Cn2cc(/C=C3\C(=N)N4N=C(c5cccnc5)SC4=NC3=O)c3ccccc32)cc1. The van der Waals surface area contributed by atoms with Crippen molar-refractivity contribution in [2.75, 3.05) is 0 Å². The first-order valence-corrected chi connectivity index (χ1v) is 11.9. The number of aliphatic imine (C=N–C) groups is 1. The summed E-state index contributed by atoms with van der Waals surface area (Å²) in [7, 11) is 0. The van der Waals surface area contributed by atoms with Crippen LogP contribution in [0.4, 0.5) is 0 Å². The molecule has 0 bridgehead atoms. The van der Waals surface area contributed by atoms with E-state index in [1.807, 2.05) is 36.5 Å². The summed E-state index contributed by atoms with van der Waals surface area (Å²) in [6.45, 7) is 2.78. The third-order valence-corrected chi connectivity index (χ3v) is 6.91. The zero-order valence-corrected chi connectivity index (χ0v) is 19.7. The van der Waals surface area contributed by atoms with Gasteiger partial charge < -0.3 is 4.57 Å². The van der Waals surface area contributed by atoms with E-state index < -0.39 is 5.91 Å². The molecular weight excluding hydrogens is 456 g/mol. The van der Waals surface area contributed by atoms with E-state index >= 15 is 0 Å². The van der Waals surface area contributed by atoms with E-state index in [2.05, 4.69) is 56.9 Å². The third kappa shape index (κ3) is 3.87. The molecule has 0 aliphatic carbocycles. The van der Waals surface area contributed by atoms with Gasteiger partial charge in [0.25, 0.3) is 5.91 Å². The van der Waals surface area contributed by atoms with Gasteiger partial charge in [0.05, 0.1) is 5.57 Å². The summed E-state index contributed by atoms with van der Waals surface area (Å²) in [6.07, 6.45) is 7.17. The third-order valence-electron chi connectivity index (χ3n) is 5.96. The largest absolute Gasteiger partial charge is 0.342 e. The monoisotopic (exact) mass is 476 g/mol. The molecule has 35 heavy (non-hydrogen) atoms. The van der Waals surface area contributed by atoms with Gasteiger partial charge in [-0.1, -0.05) is 48.0 Å². The topological polar surface area (TPSA) is 86.7 Å². The summed E-state index contributed by atoms with van der Waals surface area (Å²) in [5.74, 6) is -0.423. The fraction of sp³-hybridized carbons (Fsp3) is 0.0741. The van der Waals surface area contributed by atoms with Crippen molar-refractivity contribution in [2.24, 2.45) is 10.1 Å². The first-order chi connectivity index (χ1) is 17.1. The predicted molar refractivity (Wildman–Crippen MR) is 141 cm³/mol. The number of para-hydroxylation sites is 1. The number of thioether (sulfide) groups is 1. The number of rotatable bonds is 4. The maximum absolute atomic E-state index is 13.0. The van der Waals surface area contributed by atoms with Crippen LogP contribution >= 0.6 is 11.8 Å². The van der Waals surface area contributed by atoms with Gasteiger partial charge in [-0.25, -0.2) is 0 Å². The number of benzene rings is 2.